The number of carboxylic acids is 1. The first-order valence-corrected chi connectivity index (χ1v) is 11.5. The molecule has 0 saturated heterocycles. The van der Waals surface area contributed by atoms with Crippen LogP contribution in [0.4, 0.5) is 5.69 Å². The Kier molecular flexibility index (Phi) is 7.15. The lowest BCUT2D eigenvalue weighted by atomic mass is 10.2. The number of anilines is 1. The predicted molar refractivity (Wildman–Crippen MR) is 130 cm³/mol. The van der Waals surface area contributed by atoms with Crippen molar-refractivity contribution >= 4 is 40.9 Å². The van der Waals surface area contributed by atoms with Crippen LogP contribution in [0.2, 0.25) is 5.02 Å². The molecule has 0 aliphatic rings. The van der Waals surface area contributed by atoms with Crippen LogP contribution in [0.25, 0.3) is 17.1 Å². The molecule has 10 heteroatoms. The van der Waals surface area contributed by atoms with Crippen LogP contribution in [0.1, 0.15) is 10.4 Å². The number of hydrogen-bond donors (Lipinski definition) is 3. The van der Waals surface area contributed by atoms with E-state index in [9.17, 15) is 9.59 Å². The van der Waals surface area contributed by atoms with Crippen molar-refractivity contribution in [1.82, 2.24) is 10.2 Å². The minimum atomic E-state index is -1.02. The van der Waals surface area contributed by atoms with Crippen molar-refractivity contribution < 1.29 is 24.0 Å². The highest BCUT2D eigenvalue weighted by Gasteiger charge is 2.24. The summed E-state index contributed by atoms with van der Waals surface area (Å²) in [5.74, 6) is 0.304. The van der Waals surface area contributed by atoms with E-state index in [2.05, 4.69) is 15.5 Å². The number of aromatic amines is 1. The van der Waals surface area contributed by atoms with Crippen molar-refractivity contribution in [2.24, 2.45) is 0 Å². The molecule has 1 aromatic heterocycles. The molecular formula is C24H20ClN4O4S+. The topological polar surface area (TPSA) is 108 Å². The van der Waals surface area contributed by atoms with Gasteiger partial charge in [-0.15, -0.1) is 5.10 Å². The Labute approximate surface area is 204 Å². The molecule has 4 aromatic rings. The normalized spacial score (nSPS) is 10.6. The molecule has 0 unspecified atom stereocenters. The van der Waals surface area contributed by atoms with E-state index < -0.39 is 5.97 Å². The molecule has 0 aliphatic carbocycles. The van der Waals surface area contributed by atoms with Gasteiger partial charge < -0.3 is 15.2 Å². The molecule has 4 rings (SSSR count). The Morgan fingerprint density at radius 3 is 2.35 bits per heavy atom. The molecule has 0 atom stereocenters. The second-order valence-electron chi connectivity index (χ2n) is 7.11. The van der Waals surface area contributed by atoms with Gasteiger partial charge in [-0.05, 0) is 84.6 Å². The molecule has 3 aromatic carbocycles. The molecule has 0 aliphatic heterocycles. The van der Waals surface area contributed by atoms with Crippen molar-refractivity contribution in [3.63, 3.8) is 0 Å². The van der Waals surface area contributed by atoms with Gasteiger partial charge in [0.05, 0.1) is 29.1 Å². The van der Waals surface area contributed by atoms with Crippen LogP contribution in [0, 0.1) is 0 Å². The van der Waals surface area contributed by atoms with Crippen molar-refractivity contribution in [3.8, 4) is 22.8 Å². The lowest BCUT2D eigenvalue weighted by molar-refractivity contribution is -0.625. The Balaban J connectivity index is 1.56. The van der Waals surface area contributed by atoms with E-state index in [1.807, 2.05) is 41.0 Å². The standard InChI is InChI=1S/C24H19ClN4O4S/c1-33-20-12-4-15(5-13-20)22-27-28-24(29(22)19-10-6-17(25)7-11-19)34-14-21(30)26-18-8-2-16(3-9-18)23(31)32/h2-13H,14H2,1H3,(H2,26,30,31,32)/p+1. The number of thioether (sulfide) groups is 1. The highest BCUT2D eigenvalue weighted by Crippen LogP contribution is 2.23. The molecule has 1 heterocycles. The summed E-state index contributed by atoms with van der Waals surface area (Å²) >= 11 is 7.33. The molecule has 0 spiro atoms. The fourth-order valence-electron chi connectivity index (χ4n) is 3.19. The number of halogens is 1. The summed E-state index contributed by atoms with van der Waals surface area (Å²) < 4.78 is 7.16. The molecule has 172 valence electrons. The Hall–Kier alpha value is -3.82. The average molecular weight is 496 g/mol. The molecular weight excluding hydrogens is 476 g/mol. The number of amides is 1. The molecule has 0 bridgehead atoms. The number of H-pyrrole nitrogens is 1. The Bertz CT molecular complexity index is 1310. The number of hydrogen-bond acceptors (Lipinski definition) is 5. The lowest BCUT2D eigenvalue weighted by Crippen LogP contribution is -2.34. The van der Waals surface area contributed by atoms with Crippen molar-refractivity contribution in [1.29, 1.82) is 0 Å². The molecule has 1 amide bonds. The molecule has 8 nitrogen and oxygen atoms in total. The quantitative estimate of drug-likeness (QED) is 0.246. The molecule has 34 heavy (non-hydrogen) atoms. The van der Waals surface area contributed by atoms with E-state index in [4.69, 9.17) is 21.4 Å². The van der Waals surface area contributed by atoms with Gasteiger partial charge in [-0.25, -0.2) is 4.79 Å². The SMILES string of the molecule is COc1ccc(-c2[nH]nc(SCC(=O)Nc3ccc(C(=O)O)cc3)[n+]2-c2ccc(Cl)cc2)cc1. The van der Waals surface area contributed by atoms with Gasteiger partial charge in [-0.3, -0.25) is 4.79 Å². The smallest absolute Gasteiger partial charge is 0.342 e. The number of carbonyl (C=O) groups is 2. The number of aromatic carboxylic acids is 1. The summed E-state index contributed by atoms with van der Waals surface area (Å²) in [6.07, 6.45) is 0. The van der Waals surface area contributed by atoms with Crippen LogP contribution in [0.15, 0.2) is 78.0 Å². The van der Waals surface area contributed by atoms with Gasteiger partial charge >= 0.3 is 11.1 Å². The first kappa shape index (κ1) is 23.3. The fraction of sp³-hybridized carbons (Fsp3) is 0.0833. The lowest BCUT2D eigenvalue weighted by Gasteiger charge is -2.06. The second-order valence-corrected chi connectivity index (χ2v) is 8.49. The van der Waals surface area contributed by atoms with Gasteiger partial charge in [0.2, 0.25) is 5.91 Å². The number of methoxy groups -OCH3 is 1. The van der Waals surface area contributed by atoms with Crippen LogP contribution in [0.5, 0.6) is 5.75 Å². The number of carboxylic acid groups (broad SMARTS) is 1. The third-order valence-electron chi connectivity index (χ3n) is 4.87. The largest absolute Gasteiger partial charge is 0.497 e. The van der Waals surface area contributed by atoms with E-state index in [1.54, 1.807) is 31.4 Å². The zero-order valence-corrected chi connectivity index (χ0v) is 19.6. The van der Waals surface area contributed by atoms with Gasteiger partial charge in [0.25, 0.3) is 5.82 Å². The van der Waals surface area contributed by atoms with Crippen LogP contribution < -0.4 is 14.6 Å². The van der Waals surface area contributed by atoms with E-state index in [0.717, 1.165) is 22.8 Å². The minimum absolute atomic E-state index is 0.0984. The monoisotopic (exact) mass is 495 g/mol. The first-order valence-electron chi connectivity index (χ1n) is 10.1. The van der Waals surface area contributed by atoms with Crippen LogP contribution in [-0.4, -0.2) is 40.0 Å². The van der Waals surface area contributed by atoms with Gasteiger partial charge in [0, 0.05) is 10.7 Å². The van der Waals surface area contributed by atoms with Crippen LogP contribution >= 0.6 is 23.4 Å². The summed E-state index contributed by atoms with van der Waals surface area (Å²) in [5, 5.41) is 20.5. The summed E-state index contributed by atoms with van der Waals surface area (Å²) in [6.45, 7) is 0. The zero-order valence-electron chi connectivity index (χ0n) is 18.0. The maximum atomic E-state index is 12.5. The average Bonchev–Trinajstić information content (AvgIpc) is 3.27. The van der Waals surface area contributed by atoms with Crippen LogP contribution in [-0.2, 0) is 4.79 Å². The number of aromatic nitrogens is 3. The molecule has 3 N–H and O–H groups in total. The van der Waals surface area contributed by atoms with E-state index >= 15 is 0 Å². The summed E-state index contributed by atoms with van der Waals surface area (Å²) in [5.41, 5.74) is 2.38. The van der Waals surface area contributed by atoms with E-state index in [0.29, 0.717) is 15.9 Å². The van der Waals surface area contributed by atoms with Crippen LogP contribution in [0.3, 0.4) is 0 Å². The van der Waals surface area contributed by atoms with E-state index in [-0.39, 0.29) is 17.2 Å². The molecule has 0 saturated carbocycles. The van der Waals surface area contributed by atoms with Gasteiger partial charge in [0.15, 0.2) is 0 Å². The third-order valence-corrected chi connectivity index (χ3v) is 6.06. The first-order chi connectivity index (χ1) is 16.4. The minimum Gasteiger partial charge on any atom is -0.497 e. The van der Waals surface area contributed by atoms with Crippen molar-refractivity contribution in [3.05, 3.63) is 83.4 Å². The number of rotatable bonds is 8. The second kappa shape index (κ2) is 10.4. The zero-order chi connectivity index (χ0) is 24.1. The van der Waals surface area contributed by atoms with Gasteiger partial charge in [0.1, 0.15) is 11.4 Å². The maximum absolute atomic E-state index is 12.5. The van der Waals surface area contributed by atoms with E-state index in [1.165, 1.54) is 23.9 Å². The summed E-state index contributed by atoms with van der Waals surface area (Å²) in [4.78, 5) is 23.5. The Morgan fingerprint density at radius 1 is 1.06 bits per heavy atom. The van der Waals surface area contributed by atoms with Gasteiger partial charge in [-0.2, -0.15) is 4.57 Å². The predicted octanol–water partition coefficient (Wildman–Crippen LogP) is 4.44. The summed E-state index contributed by atoms with van der Waals surface area (Å²) in [6, 6.07) is 20.9. The Morgan fingerprint density at radius 2 is 1.74 bits per heavy atom. The molecule has 0 radical (unpaired) electrons. The number of nitrogens with one attached hydrogen (secondary N) is 2. The molecule has 0 fully saturated rings. The number of ether oxygens (including phenoxy) is 1. The number of carbonyl (C=O) groups excluding carboxylic acids is 1. The number of benzene rings is 3. The van der Waals surface area contributed by atoms with Crippen molar-refractivity contribution in [2.45, 2.75) is 5.16 Å². The van der Waals surface area contributed by atoms with Gasteiger partial charge in [-0.1, -0.05) is 11.6 Å². The fourth-order valence-corrected chi connectivity index (χ4v) is 4.08. The summed E-state index contributed by atoms with van der Waals surface area (Å²) in [7, 11) is 1.61. The number of nitrogens with zero attached hydrogens (tertiary/aromatic N) is 2. The third kappa shape index (κ3) is 5.38. The van der Waals surface area contributed by atoms with Crippen molar-refractivity contribution in [2.75, 3.05) is 18.2 Å². The highest BCUT2D eigenvalue weighted by molar-refractivity contribution is 7.99. The highest BCUT2D eigenvalue weighted by atomic mass is 35.5. The maximum Gasteiger partial charge on any atom is 0.342 e.